The first-order valence-corrected chi connectivity index (χ1v) is 4.13. The van der Waals surface area contributed by atoms with Crippen LogP contribution in [0.25, 0.3) is 0 Å². The van der Waals surface area contributed by atoms with E-state index in [2.05, 4.69) is 6.07 Å². The normalized spacial score (nSPS) is 23.8. The third-order valence-corrected chi connectivity index (χ3v) is 1.90. The van der Waals surface area contributed by atoms with Crippen LogP contribution in [0, 0.1) is 6.07 Å². The minimum absolute atomic E-state index is 0.0833. The lowest BCUT2D eigenvalue weighted by Crippen LogP contribution is -2.21. The van der Waals surface area contributed by atoms with Crippen molar-refractivity contribution in [1.29, 1.82) is 0 Å². The summed E-state index contributed by atoms with van der Waals surface area (Å²) in [6.07, 6.45) is 0.0833. The SMILES string of the molecule is [c]1ccccc1C1COCCO1. The highest BCUT2D eigenvalue weighted by Crippen LogP contribution is 2.19. The molecule has 2 heteroatoms. The molecule has 1 heterocycles. The Morgan fingerprint density at radius 3 is 3.00 bits per heavy atom. The quantitative estimate of drug-likeness (QED) is 0.625. The first-order chi connectivity index (χ1) is 5.97. The summed E-state index contributed by atoms with van der Waals surface area (Å²) in [4.78, 5) is 0. The van der Waals surface area contributed by atoms with E-state index >= 15 is 0 Å². The van der Waals surface area contributed by atoms with Gasteiger partial charge in [0.25, 0.3) is 0 Å². The van der Waals surface area contributed by atoms with Gasteiger partial charge in [0.15, 0.2) is 0 Å². The number of ether oxygens (including phenoxy) is 2. The molecule has 12 heavy (non-hydrogen) atoms. The van der Waals surface area contributed by atoms with Gasteiger partial charge in [-0.3, -0.25) is 0 Å². The van der Waals surface area contributed by atoms with E-state index in [4.69, 9.17) is 9.47 Å². The first-order valence-electron chi connectivity index (χ1n) is 4.13. The summed E-state index contributed by atoms with van der Waals surface area (Å²) in [5.41, 5.74) is 1.08. The van der Waals surface area contributed by atoms with Crippen molar-refractivity contribution in [1.82, 2.24) is 0 Å². The van der Waals surface area contributed by atoms with Gasteiger partial charge in [0.2, 0.25) is 0 Å². The van der Waals surface area contributed by atoms with Gasteiger partial charge in [0.05, 0.1) is 19.8 Å². The molecule has 1 aliphatic rings. The zero-order valence-electron chi connectivity index (χ0n) is 6.82. The van der Waals surface area contributed by atoms with Crippen LogP contribution >= 0.6 is 0 Å². The molecule has 2 nitrogen and oxygen atoms in total. The molecule has 1 fully saturated rings. The lowest BCUT2D eigenvalue weighted by molar-refractivity contribution is -0.0902. The van der Waals surface area contributed by atoms with E-state index in [1.165, 1.54) is 0 Å². The predicted octanol–water partition coefficient (Wildman–Crippen LogP) is 1.57. The fraction of sp³-hybridized carbons (Fsp3) is 0.400. The van der Waals surface area contributed by atoms with E-state index in [0.717, 1.165) is 5.56 Å². The van der Waals surface area contributed by atoms with Gasteiger partial charge in [-0.1, -0.05) is 24.3 Å². The van der Waals surface area contributed by atoms with Crippen molar-refractivity contribution in [3.63, 3.8) is 0 Å². The summed E-state index contributed by atoms with van der Waals surface area (Å²) in [7, 11) is 0. The van der Waals surface area contributed by atoms with E-state index in [1.54, 1.807) is 0 Å². The van der Waals surface area contributed by atoms with Crippen LogP contribution < -0.4 is 0 Å². The molecular weight excluding hydrogens is 152 g/mol. The molecule has 0 bridgehead atoms. The van der Waals surface area contributed by atoms with Crippen LogP contribution in [0.1, 0.15) is 11.7 Å². The Kier molecular flexibility index (Phi) is 2.39. The molecule has 1 unspecified atom stereocenters. The molecule has 0 aliphatic carbocycles. The van der Waals surface area contributed by atoms with Crippen LogP contribution in [-0.2, 0) is 9.47 Å². The second-order valence-electron chi connectivity index (χ2n) is 2.75. The van der Waals surface area contributed by atoms with Crippen molar-refractivity contribution in [3.8, 4) is 0 Å². The average Bonchev–Trinajstić information content (AvgIpc) is 2.21. The molecule has 63 valence electrons. The molecule has 0 amide bonds. The third kappa shape index (κ3) is 1.65. The van der Waals surface area contributed by atoms with Crippen LogP contribution in [0.5, 0.6) is 0 Å². The van der Waals surface area contributed by atoms with E-state index in [1.807, 2.05) is 24.3 Å². The zero-order valence-corrected chi connectivity index (χ0v) is 6.82. The summed E-state index contributed by atoms with van der Waals surface area (Å²) in [6, 6.07) is 11.0. The van der Waals surface area contributed by atoms with Crippen LogP contribution in [0.3, 0.4) is 0 Å². The smallest absolute Gasteiger partial charge is 0.106 e. The van der Waals surface area contributed by atoms with Crippen molar-refractivity contribution in [3.05, 3.63) is 35.9 Å². The molecule has 1 aromatic carbocycles. The zero-order chi connectivity index (χ0) is 8.23. The summed E-state index contributed by atoms with van der Waals surface area (Å²) in [5, 5.41) is 0. The molecule has 0 saturated carbocycles. The number of benzene rings is 1. The van der Waals surface area contributed by atoms with Gasteiger partial charge in [0, 0.05) is 0 Å². The van der Waals surface area contributed by atoms with E-state index in [9.17, 15) is 0 Å². The maximum atomic E-state index is 5.51. The van der Waals surface area contributed by atoms with Crippen molar-refractivity contribution in [2.24, 2.45) is 0 Å². The van der Waals surface area contributed by atoms with E-state index in [-0.39, 0.29) is 6.10 Å². The third-order valence-electron chi connectivity index (χ3n) is 1.90. The fourth-order valence-electron chi connectivity index (χ4n) is 1.27. The molecule has 1 aromatic rings. The number of hydrogen-bond donors (Lipinski definition) is 0. The Hall–Kier alpha value is -0.860. The Bertz CT molecular complexity index is 227. The number of hydrogen-bond acceptors (Lipinski definition) is 2. The van der Waals surface area contributed by atoms with Gasteiger partial charge < -0.3 is 9.47 Å². The van der Waals surface area contributed by atoms with Gasteiger partial charge >= 0.3 is 0 Å². The highest BCUT2D eigenvalue weighted by atomic mass is 16.6. The van der Waals surface area contributed by atoms with Gasteiger partial charge in [0.1, 0.15) is 6.10 Å². The summed E-state index contributed by atoms with van der Waals surface area (Å²) in [6.45, 7) is 2.05. The second kappa shape index (κ2) is 3.70. The van der Waals surface area contributed by atoms with Crippen molar-refractivity contribution in [2.75, 3.05) is 19.8 Å². The summed E-state index contributed by atoms with van der Waals surface area (Å²) >= 11 is 0. The summed E-state index contributed by atoms with van der Waals surface area (Å²) in [5.74, 6) is 0. The molecule has 1 atom stereocenters. The Morgan fingerprint density at radius 2 is 2.33 bits per heavy atom. The van der Waals surface area contributed by atoms with Gasteiger partial charge in [-0.2, -0.15) is 0 Å². The highest BCUT2D eigenvalue weighted by Gasteiger charge is 2.15. The Balaban J connectivity index is 2.08. The lowest BCUT2D eigenvalue weighted by atomic mass is 10.1. The molecule has 0 aromatic heterocycles. The largest absolute Gasteiger partial charge is 0.376 e. The standard InChI is InChI=1S/C10H11O2/c1-2-4-9(5-3-1)10-8-11-6-7-12-10/h1-4,10H,6-8H2. The Labute approximate surface area is 72.1 Å². The van der Waals surface area contributed by atoms with Gasteiger partial charge in [-0.15, -0.1) is 0 Å². The lowest BCUT2D eigenvalue weighted by Gasteiger charge is -2.22. The van der Waals surface area contributed by atoms with Crippen molar-refractivity contribution >= 4 is 0 Å². The van der Waals surface area contributed by atoms with Gasteiger partial charge in [-0.25, -0.2) is 0 Å². The highest BCUT2D eigenvalue weighted by molar-refractivity contribution is 5.16. The average molecular weight is 163 g/mol. The topological polar surface area (TPSA) is 18.5 Å². The fourth-order valence-corrected chi connectivity index (χ4v) is 1.27. The second-order valence-corrected chi connectivity index (χ2v) is 2.75. The molecule has 1 saturated heterocycles. The van der Waals surface area contributed by atoms with Crippen molar-refractivity contribution < 1.29 is 9.47 Å². The van der Waals surface area contributed by atoms with Crippen LogP contribution in [0.4, 0.5) is 0 Å². The Morgan fingerprint density at radius 1 is 1.33 bits per heavy atom. The molecule has 0 N–H and O–H groups in total. The first kappa shape index (κ1) is 7.77. The van der Waals surface area contributed by atoms with E-state index < -0.39 is 0 Å². The molecule has 1 radical (unpaired) electrons. The molecule has 0 spiro atoms. The van der Waals surface area contributed by atoms with E-state index in [0.29, 0.717) is 19.8 Å². The maximum Gasteiger partial charge on any atom is 0.106 e. The van der Waals surface area contributed by atoms with Crippen LogP contribution in [0.15, 0.2) is 24.3 Å². The maximum absolute atomic E-state index is 5.51. The number of rotatable bonds is 1. The monoisotopic (exact) mass is 163 g/mol. The molecule has 2 rings (SSSR count). The molecular formula is C10H11O2. The predicted molar refractivity (Wildman–Crippen MR) is 44.8 cm³/mol. The molecule has 1 aliphatic heterocycles. The summed E-state index contributed by atoms with van der Waals surface area (Å²) < 4.78 is 10.8. The van der Waals surface area contributed by atoms with Crippen molar-refractivity contribution in [2.45, 2.75) is 6.10 Å². The van der Waals surface area contributed by atoms with Crippen LogP contribution in [0.2, 0.25) is 0 Å². The van der Waals surface area contributed by atoms with Crippen LogP contribution in [-0.4, -0.2) is 19.8 Å². The minimum Gasteiger partial charge on any atom is -0.376 e. The van der Waals surface area contributed by atoms with Gasteiger partial charge in [-0.05, 0) is 11.6 Å². The minimum atomic E-state index is 0.0833.